The van der Waals surface area contributed by atoms with Gasteiger partial charge < -0.3 is 5.32 Å². The van der Waals surface area contributed by atoms with Crippen LogP contribution in [0, 0.1) is 11.3 Å². The van der Waals surface area contributed by atoms with Gasteiger partial charge in [0.15, 0.2) is 0 Å². The molecule has 0 heterocycles. The van der Waals surface area contributed by atoms with E-state index in [0.717, 1.165) is 18.5 Å². The number of hydrogen-bond donors (Lipinski definition) is 1. The van der Waals surface area contributed by atoms with E-state index in [0.29, 0.717) is 11.6 Å². The molecule has 2 aromatic carbocycles. The maximum absolute atomic E-state index is 8.78. The van der Waals surface area contributed by atoms with Crippen molar-refractivity contribution in [2.24, 2.45) is 0 Å². The molecule has 0 fully saturated rings. The molecule has 2 nitrogen and oxygen atoms in total. The minimum atomic E-state index is 0.412. The first-order chi connectivity index (χ1) is 9.31. The van der Waals surface area contributed by atoms with Crippen molar-refractivity contribution in [1.82, 2.24) is 0 Å². The SMILES string of the molecule is CCC(Cc1ccccc1)Nc1ccc(C#N)cc1. The normalized spacial score (nSPS) is 11.6. The van der Waals surface area contributed by atoms with Crippen LogP contribution in [0.2, 0.25) is 0 Å². The summed E-state index contributed by atoms with van der Waals surface area (Å²) in [4.78, 5) is 0. The van der Waals surface area contributed by atoms with Crippen molar-refractivity contribution in [2.45, 2.75) is 25.8 Å². The van der Waals surface area contributed by atoms with Gasteiger partial charge in [-0.3, -0.25) is 0 Å². The summed E-state index contributed by atoms with van der Waals surface area (Å²) in [7, 11) is 0. The summed E-state index contributed by atoms with van der Waals surface area (Å²) in [6.07, 6.45) is 2.08. The lowest BCUT2D eigenvalue weighted by Gasteiger charge is -2.18. The van der Waals surface area contributed by atoms with E-state index in [1.807, 2.05) is 30.3 Å². The summed E-state index contributed by atoms with van der Waals surface area (Å²) in [6, 6.07) is 20.7. The molecule has 96 valence electrons. The Kier molecular flexibility index (Phi) is 4.58. The lowest BCUT2D eigenvalue weighted by atomic mass is 10.0. The number of anilines is 1. The van der Waals surface area contributed by atoms with Crippen LogP contribution < -0.4 is 5.32 Å². The van der Waals surface area contributed by atoms with E-state index in [1.54, 1.807) is 0 Å². The Hall–Kier alpha value is -2.27. The zero-order valence-corrected chi connectivity index (χ0v) is 11.1. The third kappa shape index (κ3) is 3.86. The smallest absolute Gasteiger partial charge is 0.0991 e. The minimum Gasteiger partial charge on any atom is -0.382 e. The molecule has 0 radical (unpaired) electrons. The molecule has 2 aromatic rings. The fourth-order valence-electron chi connectivity index (χ4n) is 2.07. The molecule has 2 rings (SSSR count). The van der Waals surface area contributed by atoms with Gasteiger partial charge in [-0.05, 0) is 42.7 Å². The van der Waals surface area contributed by atoms with Gasteiger partial charge in [-0.1, -0.05) is 37.3 Å². The van der Waals surface area contributed by atoms with Gasteiger partial charge in [-0.15, -0.1) is 0 Å². The first-order valence-electron chi connectivity index (χ1n) is 6.62. The van der Waals surface area contributed by atoms with Gasteiger partial charge in [0.05, 0.1) is 11.6 Å². The molecular formula is C17H18N2. The average molecular weight is 250 g/mol. The third-order valence-corrected chi connectivity index (χ3v) is 3.20. The first kappa shape index (κ1) is 13.2. The minimum absolute atomic E-state index is 0.412. The molecule has 1 N–H and O–H groups in total. The van der Waals surface area contributed by atoms with Crippen molar-refractivity contribution in [1.29, 1.82) is 5.26 Å². The number of rotatable bonds is 5. The third-order valence-electron chi connectivity index (χ3n) is 3.20. The van der Waals surface area contributed by atoms with E-state index in [4.69, 9.17) is 5.26 Å². The van der Waals surface area contributed by atoms with Crippen LogP contribution in [0.25, 0.3) is 0 Å². The second-order valence-electron chi connectivity index (χ2n) is 4.63. The average Bonchev–Trinajstić information content (AvgIpc) is 2.48. The molecule has 1 unspecified atom stereocenters. The van der Waals surface area contributed by atoms with Crippen molar-refractivity contribution in [3.8, 4) is 6.07 Å². The highest BCUT2D eigenvalue weighted by atomic mass is 14.9. The van der Waals surface area contributed by atoms with Gasteiger partial charge in [0.25, 0.3) is 0 Å². The molecule has 19 heavy (non-hydrogen) atoms. The fraction of sp³-hybridized carbons (Fsp3) is 0.235. The van der Waals surface area contributed by atoms with E-state index in [2.05, 4.69) is 42.6 Å². The van der Waals surface area contributed by atoms with E-state index in [1.165, 1.54) is 5.56 Å². The Bertz CT molecular complexity index is 538. The summed E-state index contributed by atoms with van der Waals surface area (Å²) < 4.78 is 0. The van der Waals surface area contributed by atoms with Gasteiger partial charge in [0.2, 0.25) is 0 Å². The predicted octanol–water partition coefficient (Wildman–Crippen LogP) is 3.99. The van der Waals surface area contributed by atoms with Crippen molar-refractivity contribution in [2.75, 3.05) is 5.32 Å². The summed E-state index contributed by atoms with van der Waals surface area (Å²) in [6.45, 7) is 2.18. The predicted molar refractivity (Wildman–Crippen MR) is 79.0 cm³/mol. The van der Waals surface area contributed by atoms with Crippen molar-refractivity contribution >= 4 is 5.69 Å². The molecule has 0 saturated heterocycles. The van der Waals surface area contributed by atoms with Crippen LogP contribution in [0.4, 0.5) is 5.69 Å². The molecule has 0 aromatic heterocycles. The highest BCUT2D eigenvalue weighted by Gasteiger charge is 2.07. The summed E-state index contributed by atoms with van der Waals surface area (Å²) in [5.41, 5.74) is 3.11. The molecule has 1 atom stereocenters. The summed E-state index contributed by atoms with van der Waals surface area (Å²) in [5, 5.41) is 12.3. The Morgan fingerprint density at radius 1 is 1.05 bits per heavy atom. The van der Waals surface area contributed by atoms with E-state index < -0.39 is 0 Å². The molecule has 2 heteroatoms. The first-order valence-corrected chi connectivity index (χ1v) is 6.62. The van der Waals surface area contributed by atoms with Crippen molar-refractivity contribution < 1.29 is 0 Å². The van der Waals surface area contributed by atoms with Crippen LogP contribution in [-0.2, 0) is 6.42 Å². The number of nitrogens with one attached hydrogen (secondary N) is 1. The lowest BCUT2D eigenvalue weighted by molar-refractivity contribution is 0.690. The maximum Gasteiger partial charge on any atom is 0.0991 e. The van der Waals surface area contributed by atoms with Crippen LogP contribution in [0.1, 0.15) is 24.5 Å². The summed E-state index contributed by atoms with van der Waals surface area (Å²) in [5.74, 6) is 0. The zero-order chi connectivity index (χ0) is 13.5. The number of nitrogens with zero attached hydrogens (tertiary/aromatic N) is 1. The summed E-state index contributed by atoms with van der Waals surface area (Å²) >= 11 is 0. The van der Waals surface area contributed by atoms with E-state index >= 15 is 0 Å². The molecule has 0 aliphatic heterocycles. The Morgan fingerprint density at radius 3 is 2.32 bits per heavy atom. The number of nitriles is 1. The van der Waals surface area contributed by atoms with Gasteiger partial charge in [0.1, 0.15) is 0 Å². The molecule has 0 spiro atoms. The molecule has 0 amide bonds. The molecule has 0 bridgehead atoms. The maximum atomic E-state index is 8.78. The van der Waals surface area contributed by atoms with Crippen molar-refractivity contribution in [3.63, 3.8) is 0 Å². The van der Waals surface area contributed by atoms with Crippen LogP contribution in [0.3, 0.4) is 0 Å². The largest absolute Gasteiger partial charge is 0.382 e. The zero-order valence-electron chi connectivity index (χ0n) is 11.1. The molecule has 0 saturated carbocycles. The van der Waals surface area contributed by atoms with Gasteiger partial charge in [-0.25, -0.2) is 0 Å². The van der Waals surface area contributed by atoms with Gasteiger partial charge >= 0.3 is 0 Å². The van der Waals surface area contributed by atoms with Crippen LogP contribution >= 0.6 is 0 Å². The second-order valence-corrected chi connectivity index (χ2v) is 4.63. The molecule has 0 aliphatic carbocycles. The Balaban J connectivity index is 2.00. The second kappa shape index (κ2) is 6.61. The van der Waals surface area contributed by atoms with Gasteiger partial charge in [0, 0.05) is 11.7 Å². The van der Waals surface area contributed by atoms with Crippen LogP contribution in [0.5, 0.6) is 0 Å². The molecule has 0 aliphatic rings. The van der Waals surface area contributed by atoms with E-state index in [9.17, 15) is 0 Å². The standard InChI is InChI=1S/C17H18N2/c1-2-16(12-14-6-4-3-5-7-14)19-17-10-8-15(13-18)9-11-17/h3-11,16,19H,2,12H2,1H3. The fourth-order valence-corrected chi connectivity index (χ4v) is 2.07. The lowest BCUT2D eigenvalue weighted by Crippen LogP contribution is -2.21. The Labute approximate surface area is 114 Å². The quantitative estimate of drug-likeness (QED) is 0.870. The van der Waals surface area contributed by atoms with E-state index in [-0.39, 0.29) is 0 Å². The molecular weight excluding hydrogens is 232 g/mol. The van der Waals surface area contributed by atoms with Crippen molar-refractivity contribution in [3.05, 3.63) is 65.7 Å². The monoisotopic (exact) mass is 250 g/mol. The van der Waals surface area contributed by atoms with Gasteiger partial charge in [-0.2, -0.15) is 5.26 Å². The Morgan fingerprint density at radius 2 is 1.74 bits per heavy atom. The highest BCUT2D eigenvalue weighted by molar-refractivity contribution is 5.48. The highest BCUT2D eigenvalue weighted by Crippen LogP contribution is 2.14. The van der Waals surface area contributed by atoms with Crippen LogP contribution in [-0.4, -0.2) is 6.04 Å². The topological polar surface area (TPSA) is 35.8 Å². The number of benzene rings is 2. The van der Waals surface area contributed by atoms with Crippen LogP contribution in [0.15, 0.2) is 54.6 Å². The number of hydrogen-bond acceptors (Lipinski definition) is 2.